The van der Waals surface area contributed by atoms with Gasteiger partial charge in [-0.2, -0.15) is 8.42 Å². The average Bonchev–Trinajstić information content (AvgIpc) is 1.99. The van der Waals surface area contributed by atoms with E-state index in [-0.39, 0.29) is 19.8 Å². The van der Waals surface area contributed by atoms with E-state index in [2.05, 4.69) is 4.18 Å². The van der Waals surface area contributed by atoms with Crippen molar-refractivity contribution < 1.29 is 22.8 Å². The Morgan fingerprint density at radius 2 is 1.83 bits per heavy atom. The molecule has 0 rings (SSSR count). The lowest BCUT2D eigenvalue weighted by atomic mass is 9.95. The molecule has 0 fully saturated rings. The van der Waals surface area contributed by atoms with Crippen LogP contribution in [0.3, 0.4) is 0 Å². The van der Waals surface area contributed by atoms with E-state index in [1.165, 1.54) is 6.92 Å². The van der Waals surface area contributed by atoms with Gasteiger partial charge in [-0.3, -0.25) is 4.18 Å². The molecule has 0 spiro atoms. The summed E-state index contributed by atoms with van der Waals surface area (Å²) in [7, 11) is 0.712. The van der Waals surface area contributed by atoms with E-state index in [9.17, 15) is 8.42 Å². The molecular weight excluding hydrogens is 208 g/mol. The van der Waals surface area contributed by atoms with Crippen LogP contribution in [-0.4, -0.2) is 38.5 Å². The standard InChI is InChI=1S/C5H11ClO5S/c1-5(2-7,3-8)4-11-12(6,9)10/h7-8H,2-4H2,1H3. The number of hydrogen-bond donors (Lipinski definition) is 2. The van der Waals surface area contributed by atoms with E-state index in [0.717, 1.165) is 0 Å². The summed E-state index contributed by atoms with van der Waals surface area (Å²) in [5.41, 5.74) is -0.984. The van der Waals surface area contributed by atoms with Gasteiger partial charge < -0.3 is 10.2 Å². The van der Waals surface area contributed by atoms with Gasteiger partial charge in [-0.25, -0.2) is 0 Å². The molecule has 0 aliphatic carbocycles. The fraction of sp³-hybridized carbons (Fsp3) is 1.00. The molecule has 5 nitrogen and oxygen atoms in total. The number of hydrogen-bond acceptors (Lipinski definition) is 5. The van der Waals surface area contributed by atoms with Crippen molar-refractivity contribution in [1.82, 2.24) is 0 Å². The largest absolute Gasteiger partial charge is 0.396 e. The van der Waals surface area contributed by atoms with Crippen molar-refractivity contribution in [3.63, 3.8) is 0 Å². The zero-order valence-electron chi connectivity index (χ0n) is 6.53. The topological polar surface area (TPSA) is 83.8 Å². The maximum Gasteiger partial charge on any atom is 0.355 e. The Labute approximate surface area is 75.5 Å². The molecule has 0 heterocycles. The van der Waals surface area contributed by atoms with Gasteiger partial charge in [-0.05, 0) is 0 Å². The highest BCUT2D eigenvalue weighted by Crippen LogP contribution is 2.16. The van der Waals surface area contributed by atoms with E-state index >= 15 is 0 Å². The van der Waals surface area contributed by atoms with Gasteiger partial charge in [0.25, 0.3) is 0 Å². The molecule has 0 atom stereocenters. The van der Waals surface area contributed by atoms with Crippen molar-refractivity contribution in [2.24, 2.45) is 5.41 Å². The van der Waals surface area contributed by atoms with Crippen LogP contribution >= 0.6 is 10.7 Å². The van der Waals surface area contributed by atoms with Crippen LogP contribution in [-0.2, 0) is 13.5 Å². The Morgan fingerprint density at radius 3 is 2.08 bits per heavy atom. The van der Waals surface area contributed by atoms with Crippen LogP contribution < -0.4 is 0 Å². The third-order valence-corrected chi connectivity index (χ3v) is 1.98. The molecule has 7 heteroatoms. The van der Waals surface area contributed by atoms with Crippen LogP contribution in [0.15, 0.2) is 0 Å². The minimum absolute atomic E-state index is 0.341. The van der Waals surface area contributed by atoms with Crippen molar-refractivity contribution in [3.8, 4) is 0 Å². The quantitative estimate of drug-likeness (QED) is 0.607. The van der Waals surface area contributed by atoms with Gasteiger partial charge in [0.1, 0.15) is 0 Å². The maximum absolute atomic E-state index is 10.3. The molecule has 0 aliphatic heterocycles. The second-order valence-electron chi connectivity index (χ2n) is 2.78. The average molecular weight is 219 g/mol. The number of rotatable bonds is 5. The molecule has 0 amide bonds. The van der Waals surface area contributed by atoms with Crippen molar-refractivity contribution in [2.45, 2.75) is 6.92 Å². The van der Waals surface area contributed by atoms with Gasteiger partial charge >= 0.3 is 9.33 Å². The summed E-state index contributed by atoms with van der Waals surface area (Å²) in [6.45, 7) is 0.368. The Bertz CT molecular complexity index is 220. The molecule has 12 heavy (non-hydrogen) atoms. The molecule has 2 N–H and O–H groups in total. The first-order valence-electron chi connectivity index (χ1n) is 3.14. The van der Waals surface area contributed by atoms with E-state index in [4.69, 9.17) is 20.9 Å². The summed E-state index contributed by atoms with van der Waals surface area (Å²) in [6.07, 6.45) is 0. The highest BCUT2D eigenvalue weighted by atomic mass is 35.7. The Balaban J connectivity index is 4.07. The number of aliphatic hydroxyl groups excluding tert-OH is 2. The highest BCUT2D eigenvalue weighted by Gasteiger charge is 2.25. The summed E-state index contributed by atoms with van der Waals surface area (Å²) in [6, 6.07) is 0. The van der Waals surface area contributed by atoms with Gasteiger partial charge in [-0.15, -0.1) is 0 Å². The summed E-state index contributed by atoms with van der Waals surface area (Å²) in [5, 5.41) is 17.4. The normalized spacial score (nSPS) is 13.3. The van der Waals surface area contributed by atoms with E-state index in [1.807, 2.05) is 0 Å². The molecule has 0 saturated heterocycles. The van der Waals surface area contributed by atoms with Crippen LogP contribution in [0.5, 0.6) is 0 Å². The zero-order chi connectivity index (χ0) is 9.83. The molecule has 74 valence electrons. The molecular formula is C5H11ClO5S. The minimum atomic E-state index is -4.03. The van der Waals surface area contributed by atoms with Crippen LogP contribution in [0.4, 0.5) is 0 Å². The fourth-order valence-electron chi connectivity index (χ4n) is 0.354. The predicted molar refractivity (Wildman–Crippen MR) is 43.0 cm³/mol. The Kier molecular flexibility index (Phi) is 4.43. The van der Waals surface area contributed by atoms with E-state index < -0.39 is 14.7 Å². The first-order valence-corrected chi connectivity index (χ1v) is 5.37. The van der Waals surface area contributed by atoms with Crippen molar-refractivity contribution >= 4 is 20.0 Å². The zero-order valence-corrected chi connectivity index (χ0v) is 8.10. The fourth-order valence-corrected chi connectivity index (χ4v) is 0.913. The van der Waals surface area contributed by atoms with Gasteiger partial charge in [0.05, 0.1) is 19.8 Å². The Morgan fingerprint density at radius 1 is 1.42 bits per heavy atom. The molecule has 0 aliphatic rings. The highest BCUT2D eigenvalue weighted by molar-refractivity contribution is 8.09. The van der Waals surface area contributed by atoms with Gasteiger partial charge in [0.2, 0.25) is 0 Å². The third-order valence-electron chi connectivity index (χ3n) is 1.31. The lowest BCUT2D eigenvalue weighted by Crippen LogP contribution is -2.32. The summed E-state index contributed by atoms with van der Waals surface area (Å²) in [5.74, 6) is 0. The first-order chi connectivity index (χ1) is 5.33. The lowest BCUT2D eigenvalue weighted by molar-refractivity contribution is 0.0318. The Hall–Kier alpha value is 0.120. The summed E-state index contributed by atoms with van der Waals surface area (Å²) < 4.78 is 24.8. The van der Waals surface area contributed by atoms with Crippen molar-refractivity contribution in [3.05, 3.63) is 0 Å². The van der Waals surface area contributed by atoms with Crippen LogP contribution in [0.25, 0.3) is 0 Å². The predicted octanol–water partition coefficient (Wildman–Crippen LogP) is -0.522. The second-order valence-corrected chi connectivity index (χ2v) is 4.94. The molecule has 0 saturated carbocycles. The van der Waals surface area contributed by atoms with Gasteiger partial charge in [0.15, 0.2) is 0 Å². The molecule has 0 aromatic rings. The number of aliphatic hydroxyl groups is 2. The van der Waals surface area contributed by atoms with Gasteiger partial charge in [0, 0.05) is 16.1 Å². The molecule has 0 aromatic heterocycles. The van der Waals surface area contributed by atoms with Gasteiger partial charge in [-0.1, -0.05) is 6.92 Å². The third kappa shape index (κ3) is 4.89. The van der Waals surface area contributed by atoms with E-state index in [1.54, 1.807) is 0 Å². The summed E-state index contributed by atoms with van der Waals surface area (Å²) >= 11 is 0. The van der Waals surface area contributed by atoms with Crippen LogP contribution in [0, 0.1) is 5.41 Å². The lowest BCUT2D eigenvalue weighted by Gasteiger charge is -2.22. The molecule has 0 bridgehead atoms. The second kappa shape index (κ2) is 4.38. The molecule has 0 aromatic carbocycles. The SMILES string of the molecule is CC(CO)(CO)COS(=O)(=O)Cl. The molecule has 0 radical (unpaired) electrons. The van der Waals surface area contributed by atoms with Crippen LogP contribution in [0.1, 0.15) is 6.92 Å². The van der Waals surface area contributed by atoms with Crippen LogP contribution in [0.2, 0.25) is 0 Å². The monoisotopic (exact) mass is 218 g/mol. The molecule has 0 unspecified atom stereocenters. The van der Waals surface area contributed by atoms with Crippen molar-refractivity contribution in [2.75, 3.05) is 19.8 Å². The maximum atomic E-state index is 10.3. The first kappa shape index (κ1) is 12.1. The smallest absolute Gasteiger partial charge is 0.355 e. The van der Waals surface area contributed by atoms with E-state index in [0.29, 0.717) is 0 Å². The minimum Gasteiger partial charge on any atom is -0.396 e. The van der Waals surface area contributed by atoms with Crippen molar-refractivity contribution in [1.29, 1.82) is 0 Å². The summed E-state index contributed by atoms with van der Waals surface area (Å²) in [4.78, 5) is 0. The number of halogens is 1.